The van der Waals surface area contributed by atoms with Crippen molar-refractivity contribution in [1.29, 1.82) is 0 Å². The Labute approximate surface area is 115 Å². The maximum absolute atomic E-state index is 12.1. The Balaban J connectivity index is 1.87. The summed E-state index contributed by atoms with van der Waals surface area (Å²) in [4.78, 5) is 12.1. The topological polar surface area (TPSA) is 52.3 Å². The monoisotopic (exact) mass is 261 g/mol. The second-order valence-electron chi connectivity index (χ2n) is 5.49. The number of hydrogen-bond donors (Lipinski definition) is 1. The predicted molar refractivity (Wildman–Crippen MR) is 76.5 cm³/mol. The molecule has 1 fully saturated rings. The van der Waals surface area contributed by atoms with E-state index in [1.807, 2.05) is 24.3 Å². The second-order valence-corrected chi connectivity index (χ2v) is 5.49. The normalized spacial score (nSPS) is 16.1. The highest BCUT2D eigenvalue weighted by atomic mass is 16.5. The summed E-state index contributed by atoms with van der Waals surface area (Å²) in [5.74, 6) is 1.54. The van der Waals surface area contributed by atoms with E-state index in [2.05, 4.69) is 6.92 Å². The van der Waals surface area contributed by atoms with Crippen molar-refractivity contribution in [2.75, 3.05) is 6.54 Å². The molecule has 2 N–H and O–H groups in total. The summed E-state index contributed by atoms with van der Waals surface area (Å²) in [6.45, 7) is 2.84. The van der Waals surface area contributed by atoms with E-state index in [1.54, 1.807) is 0 Å². The van der Waals surface area contributed by atoms with Gasteiger partial charge in [0.05, 0.1) is 6.10 Å². The van der Waals surface area contributed by atoms with E-state index in [0.29, 0.717) is 25.0 Å². The predicted octanol–water partition coefficient (Wildman–Crippen LogP) is 3.18. The van der Waals surface area contributed by atoms with Crippen molar-refractivity contribution in [2.24, 2.45) is 11.7 Å². The van der Waals surface area contributed by atoms with Crippen LogP contribution in [0.2, 0.25) is 0 Å². The van der Waals surface area contributed by atoms with Crippen molar-refractivity contribution in [1.82, 2.24) is 0 Å². The lowest BCUT2D eigenvalue weighted by atomic mass is 9.97. The molecule has 1 aliphatic rings. The third-order valence-corrected chi connectivity index (χ3v) is 3.51. The van der Waals surface area contributed by atoms with Gasteiger partial charge < -0.3 is 10.5 Å². The maximum Gasteiger partial charge on any atom is 0.163 e. The van der Waals surface area contributed by atoms with Gasteiger partial charge in [0.1, 0.15) is 5.75 Å². The number of carbonyl (C=O) groups is 1. The van der Waals surface area contributed by atoms with Crippen molar-refractivity contribution in [2.45, 2.75) is 45.1 Å². The molecule has 104 valence electrons. The fourth-order valence-electron chi connectivity index (χ4n) is 2.07. The van der Waals surface area contributed by atoms with E-state index in [4.69, 9.17) is 10.5 Å². The van der Waals surface area contributed by atoms with Crippen molar-refractivity contribution >= 4 is 5.78 Å². The number of nitrogens with two attached hydrogens (primary N) is 1. The maximum atomic E-state index is 12.1. The number of carbonyl (C=O) groups excluding carboxylic acids is 1. The summed E-state index contributed by atoms with van der Waals surface area (Å²) < 4.78 is 5.71. The first kappa shape index (κ1) is 14.1. The van der Waals surface area contributed by atoms with Gasteiger partial charge in [-0.05, 0) is 50.3 Å². The fourth-order valence-corrected chi connectivity index (χ4v) is 2.07. The number of rotatable bonds is 8. The highest BCUT2D eigenvalue weighted by Gasteiger charge is 2.23. The Morgan fingerprint density at radius 3 is 2.89 bits per heavy atom. The highest BCUT2D eigenvalue weighted by Crippen LogP contribution is 2.27. The number of ether oxygens (including phenoxy) is 1. The van der Waals surface area contributed by atoms with E-state index in [1.165, 1.54) is 0 Å². The standard InChI is InChI=1S/C16H23NO2/c1-12(9-10-17)5-8-16(18)13-3-2-4-15(11-13)19-14-6-7-14/h2-4,11-12,14H,5-10,17H2,1H3. The Morgan fingerprint density at radius 2 is 2.21 bits per heavy atom. The molecule has 0 aromatic heterocycles. The molecule has 3 nitrogen and oxygen atoms in total. The molecule has 1 aliphatic carbocycles. The van der Waals surface area contributed by atoms with Crippen molar-refractivity contribution in [3.63, 3.8) is 0 Å². The third kappa shape index (κ3) is 4.67. The number of hydrogen-bond acceptors (Lipinski definition) is 3. The largest absolute Gasteiger partial charge is 0.490 e. The van der Waals surface area contributed by atoms with Crippen molar-refractivity contribution in [3.8, 4) is 5.75 Å². The summed E-state index contributed by atoms with van der Waals surface area (Å²) in [7, 11) is 0. The Morgan fingerprint density at radius 1 is 1.42 bits per heavy atom. The van der Waals surface area contributed by atoms with E-state index in [0.717, 1.165) is 37.0 Å². The molecule has 2 rings (SSSR count). The molecule has 1 unspecified atom stereocenters. The average Bonchev–Trinajstić information content (AvgIpc) is 3.20. The molecule has 1 atom stereocenters. The first-order chi connectivity index (χ1) is 9.19. The van der Waals surface area contributed by atoms with Gasteiger partial charge >= 0.3 is 0 Å². The Kier molecular flexibility index (Phi) is 4.97. The second kappa shape index (κ2) is 6.71. The lowest BCUT2D eigenvalue weighted by Crippen LogP contribution is -2.08. The van der Waals surface area contributed by atoms with Crippen LogP contribution in [0.4, 0.5) is 0 Å². The Bertz CT molecular complexity index is 427. The lowest BCUT2D eigenvalue weighted by molar-refractivity contribution is 0.0973. The van der Waals surface area contributed by atoms with Gasteiger partial charge in [0.2, 0.25) is 0 Å². The molecule has 0 aliphatic heterocycles. The van der Waals surface area contributed by atoms with Crippen LogP contribution in [0.5, 0.6) is 5.75 Å². The molecule has 3 heteroatoms. The van der Waals surface area contributed by atoms with Gasteiger partial charge in [0, 0.05) is 12.0 Å². The number of benzene rings is 1. The lowest BCUT2D eigenvalue weighted by Gasteiger charge is -2.10. The quantitative estimate of drug-likeness (QED) is 0.731. The smallest absolute Gasteiger partial charge is 0.163 e. The molecular formula is C16H23NO2. The summed E-state index contributed by atoms with van der Waals surface area (Å²) in [6.07, 6.45) is 5.12. The third-order valence-electron chi connectivity index (χ3n) is 3.51. The molecule has 1 aromatic rings. The molecule has 19 heavy (non-hydrogen) atoms. The highest BCUT2D eigenvalue weighted by molar-refractivity contribution is 5.96. The zero-order valence-corrected chi connectivity index (χ0v) is 11.6. The average molecular weight is 261 g/mol. The van der Waals surface area contributed by atoms with Crippen LogP contribution in [0.15, 0.2) is 24.3 Å². The summed E-state index contributed by atoms with van der Waals surface area (Å²) in [6, 6.07) is 7.56. The molecular weight excluding hydrogens is 238 g/mol. The van der Waals surface area contributed by atoms with Gasteiger partial charge in [-0.25, -0.2) is 0 Å². The fraction of sp³-hybridized carbons (Fsp3) is 0.562. The zero-order chi connectivity index (χ0) is 13.7. The van der Waals surface area contributed by atoms with Crippen molar-refractivity contribution < 1.29 is 9.53 Å². The molecule has 0 radical (unpaired) electrons. The first-order valence-electron chi connectivity index (χ1n) is 7.19. The minimum absolute atomic E-state index is 0.199. The molecule has 0 bridgehead atoms. The van der Waals surface area contributed by atoms with Crippen LogP contribution >= 0.6 is 0 Å². The van der Waals surface area contributed by atoms with E-state index < -0.39 is 0 Å². The number of Topliss-reactive ketones (excluding diaryl/α,β-unsaturated/α-hetero) is 1. The molecule has 0 heterocycles. The van der Waals surface area contributed by atoms with Gasteiger partial charge in [0.15, 0.2) is 5.78 Å². The van der Waals surface area contributed by atoms with Crippen molar-refractivity contribution in [3.05, 3.63) is 29.8 Å². The van der Waals surface area contributed by atoms with Gasteiger partial charge in [0.25, 0.3) is 0 Å². The summed E-state index contributed by atoms with van der Waals surface area (Å²) in [5.41, 5.74) is 6.28. The molecule has 1 aromatic carbocycles. The molecule has 1 saturated carbocycles. The molecule has 0 saturated heterocycles. The molecule has 0 amide bonds. The summed E-state index contributed by atoms with van der Waals surface area (Å²) >= 11 is 0. The Hall–Kier alpha value is -1.35. The van der Waals surface area contributed by atoms with E-state index in [-0.39, 0.29) is 5.78 Å². The minimum Gasteiger partial charge on any atom is -0.490 e. The summed E-state index contributed by atoms with van der Waals surface area (Å²) in [5, 5.41) is 0. The van der Waals surface area contributed by atoms with Crippen LogP contribution in [0, 0.1) is 5.92 Å². The number of ketones is 1. The van der Waals surface area contributed by atoms with Crippen LogP contribution < -0.4 is 10.5 Å². The van der Waals surface area contributed by atoms with Crippen LogP contribution in [-0.2, 0) is 0 Å². The van der Waals surface area contributed by atoms with Crippen LogP contribution in [0.25, 0.3) is 0 Å². The van der Waals surface area contributed by atoms with Crippen LogP contribution in [-0.4, -0.2) is 18.4 Å². The van der Waals surface area contributed by atoms with Gasteiger partial charge in [-0.2, -0.15) is 0 Å². The van der Waals surface area contributed by atoms with Crippen LogP contribution in [0.3, 0.4) is 0 Å². The molecule has 0 spiro atoms. The van der Waals surface area contributed by atoms with Gasteiger partial charge in [-0.1, -0.05) is 19.1 Å². The zero-order valence-electron chi connectivity index (χ0n) is 11.6. The minimum atomic E-state index is 0.199. The van der Waals surface area contributed by atoms with E-state index in [9.17, 15) is 4.79 Å². The van der Waals surface area contributed by atoms with Gasteiger partial charge in [-0.15, -0.1) is 0 Å². The van der Waals surface area contributed by atoms with Crippen LogP contribution in [0.1, 0.15) is 49.4 Å². The van der Waals surface area contributed by atoms with E-state index >= 15 is 0 Å². The SMILES string of the molecule is CC(CCN)CCC(=O)c1cccc(OC2CC2)c1. The first-order valence-corrected chi connectivity index (χ1v) is 7.19. The van der Waals surface area contributed by atoms with Gasteiger partial charge in [-0.3, -0.25) is 4.79 Å².